The molecule has 1 aromatic carbocycles. The second kappa shape index (κ2) is 13.6. The molecule has 0 saturated heterocycles. The molecular formula is C26H24F3N7O3S. The molecule has 0 spiro atoms. The Labute approximate surface area is 231 Å². The van der Waals surface area contributed by atoms with Gasteiger partial charge in [-0.25, -0.2) is 4.98 Å². The number of ether oxygens (including phenoxy) is 1. The van der Waals surface area contributed by atoms with Crippen LogP contribution in [0.3, 0.4) is 0 Å². The number of carbonyl (C=O) groups is 2. The number of anilines is 2. The molecule has 2 amide bonds. The van der Waals surface area contributed by atoms with Crippen LogP contribution in [0, 0.1) is 0 Å². The van der Waals surface area contributed by atoms with Crippen LogP contribution in [0.4, 0.5) is 24.1 Å². The standard InChI is InChI=1S/C26H24F3N7O3S/c27-26(28,29)39-20-6-3-5-18(12-20)13-22(37)33-21-9-8-17(15-32-21)4-1-2-7-24-35-36-25(40-24)34-23(38)14-19-16-30-10-11-31-19/h3,5-6,8-12,15-16H,1-2,4,7,13-14H2,(H,32,33,37)(H,34,36,38). The maximum atomic E-state index is 12.4. The van der Waals surface area contributed by atoms with Gasteiger partial charge in [-0.05, 0) is 48.6 Å². The maximum Gasteiger partial charge on any atom is 0.573 e. The molecule has 4 aromatic rings. The van der Waals surface area contributed by atoms with Gasteiger partial charge in [0.05, 0.1) is 18.5 Å². The van der Waals surface area contributed by atoms with E-state index in [-0.39, 0.29) is 24.5 Å². The summed E-state index contributed by atoms with van der Waals surface area (Å²) < 4.78 is 41.1. The van der Waals surface area contributed by atoms with Crippen LogP contribution < -0.4 is 15.4 Å². The summed E-state index contributed by atoms with van der Waals surface area (Å²) in [6, 6.07) is 8.81. The average Bonchev–Trinajstić information content (AvgIpc) is 3.34. The molecule has 40 heavy (non-hydrogen) atoms. The highest BCUT2D eigenvalue weighted by atomic mass is 32.1. The smallest absolute Gasteiger partial charge is 0.406 e. The minimum absolute atomic E-state index is 0.105. The number of aromatic nitrogens is 5. The molecule has 4 rings (SSSR count). The van der Waals surface area contributed by atoms with Gasteiger partial charge in [0.1, 0.15) is 16.6 Å². The molecule has 0 aliphatic carbocycles. The number of rotatable bonds is 12. The second-order valence-electron chi connectivity index (χ2n) is 8.60. The molecule has 10 nitrogen and oxygen atoms in total. The number of carbonyl (C=O) groups excluding carboxylic acids is 2. The van der Waals surface area contributed by atoms with Gasteiger partial charge < -0.3 is 15.4 Å². The quantitative estimate of drug-likeness (QED) is 0.237. The SMILES string of the molecule is O=C(Cc1cccc(OC(F)(F)F)c1)Nc1ccc(CCCCc2nnc(NC(=O)Cc3cnccn3)s2)cn1. The van der Waals surface area contributed by atoms with E-state index in [2.05, 4.69) is 40.5 Å². The third-order valence-corrected chi connectivity index (χ3v) is 6.27. The van der Waals surface area contributed by atoms with E-state index in [1.807, 2.05) is 6.07 Å². The minimum atomic E-state index is -4.80. The summed E-state index contributed by atoms with van der Waals surface area (Å²) in [7, 11) is 0. The number of nitrogens with zero attached hydrogens (tertiary/aromatic N) is 5. The lowest BCUT2D eigenvalue weighted by Crippen LogP contribution is -2.18. The highest BCUT2D eigenvalue weighted by Gasteiger charge is 2.31. The number of unbranched alkanes of at least 4 members (excludes halogenated alkanes) is 1. The normalized spacial score (nSPS) is 11.2. The van der Waals surface area contributed by atoms with Crippen LogP contribution in [0.25, 0.3) is 0 Å². The Morgan fingerprint density at radius 1 is 0.875 bits per heavy atom. The van der Waals surface area contributed by atoms with Gasteiger partial charge in [0.2, 0.25) is 16.9 Å². The van der Waals surface area contributed by atoms with E-state index in [9.17, 15) is 22.8 Å². The molecule has 0 unspecified atom stereocenters. The lowest BCUT2D eigenvalue weighted by atomic mass is 10.1. The zero-order valence-electron chi connectivity index (χ0n) is 21.0. The highest BCUT2D eigenvalue weighted by molar-refractivity contribution is 7.15. The molecule has 0 saturated carbocycles. The van der Waals surface area contributed by atoms with Crippen molar-refractivity contribution in [3.63, 3.8) is 0 Å². The lowest BCUT2D eigenvalue weighted by molar-refractivity contribution is -0.274. The molecule has 0 fully saturated rings. The fourth-order valence-electron chi connectivity index (χ4n) is 3.63. The number of pyridine rings is 1. The number of aryl methyl sites for hydroxylation is 2. The first kappa shape index (κ1) is 28.5. The van der Waals surface area contributed by atoms with Crippen molar-refractivity contribution in [2.75, 3.05) is 10.6 Å². The van der Waals surface area contributed by atoms with E-state index in [1.54, 1.807) is 24.5 Å². The van der Waals surface area contributed by atoms with Crippen molar-refractivity contribution >= 4 is 34.1 Å². The first-order valence-corrected chi connectivity index (χ1v) is 13.0. The van der Waals surface area contributed by atoms with Gasteiger partial charge in [-0.2, -0.15) is 0 Å². The van der Waals surface area contributed by atoms with Crippen molar-refractivity contribution in [3.8, 4) is 5.75 Å². The Balaban J connectivity index is 1.15. The number of nitrogens with one attached hydrogen (secondary N) is 2. The van der Waals surface area contributed by atoms with Gasteiger partial charge in [-0.15, -0.1) is 23.4 Å². The summed E-state index contributed by atoms with van der Waals surface area (Å²) in [5, 5.41) is 14.8. The van der Waals surface area contributed by atoms with Crippen LogP contribution in [-0.2, 0) is 35.3 Å². The van der Waals surface area contributed by atoms with E-state index < -0.39 is 12.3 Å². The summed E-state index contributed by atoms with van der Waals surface area (Å²) in [6.07, 6.45) is 4.68. The maximum absolute atomic E-state index is 12.4. The molecule has 3 heterocycles. The third-order valence-electron chi connectivity index (χ3n) is 5.37. The largest absolute Gasteiger partial charge is 0.573 e. The van der Waals surface area contributed by atoms with E-state index in [0.717, 1.165) is 29.8 Å². The second-order valence-corrected chi connectivity index (χ2v) is 9.66. The first-order valence-electron chi connectivity index (χ1n) is 12.2. The van der Waals surface area contributed by atoms with Crippen LogP contribution >= 0.6 is 11.3 Å². The van der Waals surface area contributed by atoms with Crippen molar-refractivity contribution in [1.82, 2.24) is 25.1 Å². The predicted molar refractivity (Wildman–Crippen MR) is 141 cm³/mol. The van der Waals surface area contributed by atoms with Crippen molar-refractivity contribution in [1.29, 1.82) is 0 Å². The van der Waals surface area contributed by atoms with Crippen LogP contribution in [-0.4, -0.2) is 43.3 Å². The summed E-state index contributed by atoms with van der Waals surface area (Å²) in [4.78, 5) is 36.7. The lowest BCUT2D eigenvalue weighted by Gasteiger charge is -2.10. The van der Waals surface area contributed by atoms with Crippen LogP contribution in [0.2, 0.25) is 0 Å². The van der Waals surface area contributed by atoms with Gasteiger partial charge in [-0.3, -0.25) is 19.6 Å². The van der Waals surface area contributed by atoms with Crippen molar-refractivity contribution in [3.05, 3.63) is 83.0 Å². The molecule has 0 aliphatic rings. The fourth-order valence-corrected chi connectivity index (χ4v) is 4.43. The Hall–Kier alpha value is -4.46. The summed E-state index contributed by atoms with van der Waals surface area (Å²) in [6.45, 7) is 0. The molecule has 0 bridgehead atoms. The molecule has 208 valence electrons. The zero-order chi connectivity index (χ0) is 28.4. The Kier molecular flexibility index (Phi) is 9.67. The number of hydrogen-bond acceptors (Lipinski definition) is 9. The highest BCUT2D eigenvalue weighted by Crippen LogP contribution is 2.24. The topological polar surface area (TPSA) is 132 Å². The summed E-state index contributed by atoms with van der Waals surface area (Å²) >= 11 is 1.33. The molecule has 2 N–H and O–H groups in total. The van der Waals surface area contributed by atoms with Crippen molar-refractivity contribution in [2.45, 2.75) is 44.9 Å². The third kappa shape index (κ3) is 9.69. The molecule has 0 atom stereocenters. The van der Waals surface area contributed by atoms with E-state index in [4.69, 9.17) is 0 Å². The Bertz CT molecular complexity index is 1420. The predicted octanol–water partition coefficient (Wildman–Crippen LogP) is 4.55. The minimum Gasteiger partial charge on any atom is -0.406 e. The van der Waals surface area contributed by atoms with E-state index in [0.29, 0.717) is 28.6 Å². The summed E-state index contributed by atoms with van der Waals surface area (Å²) in [5.41, 5.74) is 1.94. The van der Waals surface area contributed by atoms with Gasteiger partial charge in [0, 0.05) is 31.2 Å². The Morgan fingerprint density at radius 2 is 1.70 bits per heavy atom. The van der Waals surface area contributed by atoms with Crippen LogP contribution in [0.5, 0.6) is 5.75 Å². The molecule has 0 radical (unpaired) electrons. The van der Waals surface area contributed by atoms with Gasteiger partial charge >= 0.3 is 6.36 Å². The van der Waals surface area contributed by atoms with Crippen LogP contribution in [0.1, 0.15) is 34.7 Å². The Morgan fingerprint density at radius 3 is 2.45 bits per heavy atom. The monoisotopic (exact) mass is 571 g/mol. The molecular weight excluding hydrogens is 547 g/mol. The van der Waals surface area contributed by atoms with Crippen LogP contribution in [0.15, 0.2) is 61.2 Å². The van der Waals surface area contributed by atoms with Crippen molar-refractivity contribution < 1.29 is 27.5 Å². The number of hydrogen-bond donors (Lipinski definition) is 2. The first-order chi connectivity index (χ1) is 19.2. The average molecular weight is 572 g/mol. The fraction of sp³-hybridized carbons (Fsp3) is 0.269. The van der Waals surface area contributed by atoms with E-state index in [1.165, 1.54) is 41.9 Å². The van der Waals surface area contributed by atoms with Gasteiger partial charge in [0.25, 0.3) is 0 Å². The van der Waals surface area contributed by atoms with Gasteiger partial charge in [-0.1, -0.05) is 29.5 Å². The molecule has 0 aliphatic heterocycles. The van der Waals surface area contributed by atoms with Crippen molar-refractivity contribution in [2.24, 2.45) is 0 Å². The molecule has 14 heteroatoms. The number of alkyl halides is 3. The summed E-state index contributed by atoms with van der Waals surface area (Å²) in [5.74, 6) is -0.682. The number of benzene rings is 1. The van der Waals surface area contributed by atoms with E-state index >= 15 is 0 Å². The number of halogens is 3. The van der Waals surface area contributed by atoms with Gasteiger partial charge in [0.15, 0.2) is 0 Å². The number of amides is 2. The zero-order valence-corrected chi connectivity index (χ0v) is 21.8. The molecule has 3 aromatic heterocycles.